The van der Waals surface area contributed by atoms with Gasteiger partial charge in [-0.1, -0.05) is 12.8 Å². The molecule has 0 radical (unpaired) electrons. The van der Waals surface area contributed by atoms with Crippen LogP contribution in [0.5, 0.6) is 0 Å². The Balaban J connectivity index is 2.04. The summed E-state index contributed by atoms with van der Waals surface area (Å²) in [5.41, 5.74) is 0.593. The first kappa shape index (κ1) is 13.4. The van der Waals surface area contributed by atoms with Crippen molar-refractivity contribution in [1.82, 2.24) is 0 Å². The average Bonchev–Trinajstić information content (AvgIpc) is 2.82. The second-order valence-electron chi connectivity index (χ2n) is 4.43. The maximum absolute atomic E-state index is 11.8. The molecular weight excluding hydrogens is 274 g/mol. The van der Waals surface area contributed by atoms with Gasteiger partial charge >= 0.3 is 0 Å². The number of hydrogen-bond acceptors (Lipinski definition) is 3. The van der Waals surface area contributed by atoms with Crippen LogP contribution < -0.4 is 5.32 Å². The summed E-state index contributed by atoms with van der Waals surface area (Å²) in [6.45, 7) is 0. The second-order valence-corrected chi connectivity index (χ2v) is 7.00. The summed E-state index contributed by atoms with van der Waals surface area (Å²) in [5, 5.41) is 2.79. The summed E-state index contributed by atoms with van der Waals surface area (Å²) >= 11 is 0. The number of carbonyl (C=O) groups excluding carboxylic acids is 1. The molecule has 4 nitrogen and oxygen atoms in total. The normalized spacial score (nSPS) is 16.7. The van der Waals surface area contributed by atoms with E-state index in [0.717, 1.165) is 25.7 Å². The molecule has 0 unspecified atom stereocenters. The average molecular weight is 288 g/mol. The SMILES string of the molecule is O=C(Nc1ccc(S(=O)(=O)Cl)cc1)C1CCCC1. The molecule has 0 heterocycles. The third kappa shape index (κ3) is 3.23. The van der Waals surface area contributed by atoms with Gasteiger partial charge in [-0.25, -0.2) is 8.42 Å². The summed E-state index contributed by atoms with van der Waals surface area (Å²) in [4.78, 5) is 11.9. The Bertz CT molecular complexity index is 533. The van der Waals surface area contributed by atoms with Crippen molar-refractivity contribution in [3.05, 3.63) is 24.3 Å². The quantitative estimate of drug-likeness (QED) is 0.870. The van der Waals surface area contributed by atoms with E-state index in [-0.39, 0.29) is 16.7 Å². The van der Waals surface area contributed by atoms with Gasteiger partial charge in [0, 0.05) is 22.3 Å². The van der Waals surface area contributed by atoms with E-state index >= 15 is 0 Å². The molecule has 1 aliphatic rings. The monoisotopic (exact) mass is 287 g/mol. The van der Waals surface area contributed by atoms with Gasteiger partial charge in [0.2, 0.25) is 5.91 Å². The maximum atomic E-state index is 11.8. The highest BCUT2D eigenvalue weighted by molar-refractivity contribution is 8.13. The Morgan fingerprint density at radius 3 is 2.22 bits per heavy atom. The fourth-order valence-electron chi connectivity index (χ4n) is 2.13. The van der Waals surface area contributed by atoms with Crippen LogP contribution in [0.25, 0.3) is 0 Å². The summed E-state index contributed by atoms with van der Waals surface area (Å²) in [6, 6.07) is 5.85. The van der Waals surface area contributed by atoms with E-state index in [4.69, 9.17) is 10.7 Å². The standard InChI is InChI=1S/C12H14ClNO3S/c13-18(16,17)11-7-5-10(6-8-11)14-12(15)9-3-1-2-4-9/h5-9H,1-4H2,(H,14,15). The van der Waals surface area contributed by atoms with Crippen molar-refractivity contribution < 1.29 is 13.2 Å². The molecule has 0 spiro atoms. The molecule has 1 aromatic rings. The van der Waals surface area contributed by atoms with E-state index in [1.54, 1.807) is 12.1 Å². The van der Waals surface area contributed by atoms with Crippen LogP contribution in [-0.4, -0.2) is 14.3 Å². The van der Waals surface area contributed by atoms with Gasteiger partial charge in [0.05, 0.1) is 4.90 Å². The number of halogens is 1. The third-order valence-corrected chi connectivity index (χ3v) is 4.50. The topological polar surface area (TPSA) is 63.2 Å². The van der Waals surface area contributed by atoms with Crippen molar-refractivity contribution in [2.45, 2.75) is 30.6 Å². The van der Waals surface area contributed by atoms with Gasteiger partial charge in [0.1, 0.15) is 0 Å². The smallest absolute Gasteiger partial charge is 0.261 e. The van der Waals surface area contributed by atoms with Crippen molar-refractivity contribution >= 4 is 31.3 Å². The van der Waals surface area contributed by atoms with Crippen LogP contribution in [0.1, 0.15) is 25.7 Å². The first-order valence-corrected chi connectivity index (χ1v) is 8.13. The molecule has 0 bridgehead atoms. The fourth-order valence-corrected chi connectivity index (χ4v) is 2.90. The molecule has 1 saturated carbocycles. The molecule has 0 saturated heterocycles. The number of anilines is 1. The van der Waals surface area contributed by atoms with Crippen LogP contribution in [0.3, 0.4) is 0 Å². The molecule has 1 fully saturated rings. The van der Waals surface area contributed by atoms with Crippen molar-refractivity contribution in [1.29, 1.82) is 0 Å². The number of amides is 1. The molecule has 0 aromatic heterocycles. The van der Waals surface area contributed by atoms with Crippen LogP contribution in [0.2, 0.25) is 0 Å². The predicted molar refractivity (Wildman–Crippen MR) is 70.1 cm³/mol. The van der Waals surface area contributed by atoms with E-state index in [0.29, 0.717) is 5.69 Å². The lowest BCUT2D eigenvalue weighted by Gasteiger charge is -2.10. The van der Waals surface area contributed by atoms with Crippen LogP contribution >= 0.6 is 10.7 Å². The molecule has 1 amide bonds. The molecule has 1 aromatic carbocycles. The van der Waals surface area contributed by atoms with Crippen molar-refractivity contribution in [3.63, 3.8) is 0 Å². The lowest BCUT2D eigenvalue weighted by Crippen LogP contribution is -2.20. The lowest BCUT2D eigenvalue weighted by molar-refractivity contribution is -0.119. The van der Waals surface area contributed by atoms with E-state index < -0.39 is 9.05 Å². The van der Waals surface area contributed by atoms with E-state index in [9.17, 15) is 13.2 Å². The predicted octanol–water partition coefficient (Wildman–Crippen LogP) is 2.74. The number of benzene rings is 1. The molecule has 1 N–H and O–H groups in total. The molecule has 0 atom stereocenters. The van der Waals surface area contributed by atoms with Crippen molar-refractivity contribution in [3.8, 4) is 0 Å². The first-order chi connectivity index (χ1) is 8.47. The van der Waals surface area contributed by atoms with Gasteiger partial charge in [0.15, 0.2) is 0 Å². The van der Waals surface area contributed by atoms with Crippen molar-refractivity contribution in [2.75, 3.05) is 5.32 Å². The van der Waals surface area contributed by atoms with Crippen LogP contribution in [0.4, 0.5) is 5.69 Å². The Hall–Kier alpha value is -1.07. The number of rotatable bonds is 3. The zero-order chi connectivity index (χ0) is 13.2. The Labute approximate surface area is 111 Å². The third-order valence-electron chi connectivity index (χ3n) is 3.13. The molecule has 18 heavy (non-hydrogen) atoms. The molecular formula is C12H14ClNO3S. The van der Waals surface area contributed by atoms with Gasteiger partial charge in [0.25, 0.3) is 9.05 Å². The molecule has 1 aliphatic carbocycles. The van der Waals surface area contributed by atoms with E-state index in [1.807, 2.05) is 0 Å². The zero-order valence-corrected chi connectivity index (χ0v) is 11.3. The Kier molecular flexibility index (Phi) is 3.92. The fraction of sp³-hybridized carbons (Fsp3) is 0.417. The number of hydrogen-bond donors (Lipinski definition) is 1. The minimum atomic E-state index is -3.70. The van der Waals surface area contributed by atoms with E-state index in [1.165, 1.54) is 12.1 Å². The highest BCUT2D eigenvalue weighted by atomic mass is 35.7. The molecule has 2 rings (SSSR count). The van der Waals surface area contributed by atoms with Gasteiger partial charge in [-0.15, -0.1) is 0 Å². The first-order valence-electron chi connectivity index (χ1n) is 5.82. The minimum absolute atomic E-state index is 0.00832. The largest absolute Gasteiger partial charge is 0.326 e. The van der Waals surface area contributed by atoms with Crippen molar-refractivity contribution in [2.24, 2.45) is 5.92 Å². The Morgan fingerprint density at radius 1 is 1.17 bits per heavy atom. The zero-order valence-electron chi connectivity index (χ0n) is 9.73. The minimum Gasteiger partial charge on any atom is -0.326 e. The molecule has 6 heteroatoms. The summed E-state index contributed by atoms with van der Waals surface area (Å²) < 4.78 is 22.1. The van der Waals surface area contributed by atoms with Gasteiger partial charge in [-0.2, -0.15) is 0 Å². The number of carbonyl (C=O) groups is 1. The van der Waals surface area contributed by atoms with Crippen LogP contribution in [-0.2, 0) is 13.8 Å². The van der Waals surface area contributed by atoms with Crippen LogP contribution in [0.15, 0.2) is 29.2 Å². The molecule has 0 aliphatic heterocycles. The Morgan fingerprint density at radius 2 is 1.72 bits per heavy atom. The maximum Gasteiger partial charge on any atom is 0.261 e. The summed E-state index contributed by atoms with van der Waals surface area (Å²) in [7, 11) is 1.50. The second kappa shape index (κ2) is 5.28. The van der Waals surface area contributed by atoms with Gasteiger partial charge in [-0.3, -0.25) is 4.79 Å². The molecule has 98 valence electrons. The van der Waals surface area contributed by atoms with E-state index in [2.05, 4.69) is 5.32 Å². The highest BCUT2D eigenvalue weighted by Crippen LogP contribution is 2.26. The van der Waals surface area contributed by atoms with Gasteiger partial charge < -0.3 is 5.32 Å². The summed E-state index contributed by atoms with van der Waals surface area (Å²) in [6.07, 6.45) is 4.06. The lowest BCUT2D eigenvalue weighted by atomic mass is 10.1. The number of nitrogens with one attached hydrogen (secondary N) is 1. The highest BCUT2D eigenvalue weighted by Gasteiger charge is 2.22. The van der Waals surface area contributed by atoms with Gasteiger partial charge in [-0.05, 0) is 37.1 Å². The van der Waals surface area contributed by atoms with Crippen LogP contribution in [0, 0.1) is 5.92 Å². The summed E-state index contributed by atoms with van der Waals surface area (Å²) in [5.74, 6) is 0.0930.